The van der Waals surface area contributed by atoms with E-state index in [9.17, 15) is 0 Å². The number of aryl methyl sites for hydroxylation is 1. The Hall–Kier alpha value is -0.910. The quantitative estimate of drug-likeness (QED) is 0.823. The summed E-state index contributed by atoms with van der Waals surface area (Å²) in [6.45, 7) is 9.68. The van der Waals surface area contributed by atoms with Crippen LogP contribution >= 0.6 is 0 Å². The maximum atomic E-state index is 5.70. The Bertz CT molecular complexity index is 340. The summed E-state index contributed by atoms with van der Waals surface area (Å²) in [7, 11) is 0. The van der Waals surface area contributed by atoms with E-state index in [1.54, 1.807) is 0 Å². The third kappa shape index (κ3) is 3.80. The highest BCUT2D eigenvalue weighted by Gasteiger charge is 2.18. The SMILES string of the molecule is CCN1CCOC(CNCc2cc(C)no2)C1. The van der Waals surface area contributed by atoms with Gasteiger partial charge in [0.15, 0.2) is 5.76 Å². The number of rotatable bonds is 5. The Balaban J connectivity index is 1.68. The molecule has 0 saturated carbocycles. The van der Waals surface area contributed by atoms with Gasteiger partial charge in [-0.05, 0) is 13.5 Å². The van der Waals surface area contributed by atoms with Gasteiger partial charge in [0, 0.05) is 25.7 Å². The van der Waals surface area contributed by atoms with Gasteiger partial charge in [-0.1, -0.05) is 12.1 Å². The van der Waals surface area contributed by atoms with Crippen LogP contribution in [0.25, 0.3) is 0 Å². The molecule has 0 aromatic carbocycles. The molecule has 1 saturated heterocycles. The van der Waals surface area contributed by atoms with Crippen LogP contribution in [0.5, 0.6) is 0 Å². The van der Waals surface area contributed by atoms with Gasteiger partial charge in [-0.25, -0.2) is 0 Å². The molecule has 0 aliphatic carbocycles. The Morgan fingerprint density at radius 3 is 3.18 bits per heavy atom. The third-order valence-corrected chi connectivity index (χ3v) is 3.02. The monoisotopic (exact) mass is 239 g/mol. The van der Waals surface area contributed by atoms with Crippen molar-refractivity contribution in [2.45, 2.75) is 26.5 Å². The van der Waals surface area contributed by atoms with Gasteiger partial charge < -0.3 is 14.6 Å². The van der Waals surface area contributed by atoms with Gasteiger partial charge in [0.25, 0.3) is 0 Å². The number of nitrogens with one attached hydrogen (secondary N) is 1. The molecule has 1 fully saturated rings. The van der Waals surface area contributed by atoms with Crippen molar-refractivity contribution in [3.05, 3.63) is 17.5 Å². The fourth-order valence-electron chi connectivity index (χ4n) is 2.05. The van der Waals surface area contributed by atoms with Crippen LogP contribution in [0.1, 0.15) is 18.4 Å². The second-order valence-corrected chi connectivity index (χ2v) is 4.45. The lowest BCUT2D eigenvalue weighted by Gasteiger charge is -2.32. The predicted molar refractivity (Wildman–Crippen MR) is 64.8 cm³/mol. The number of hydrogen-bond acceptors (Lipinski definition) is 5. The van der Waals surface area contributed by atoms with Crippen LogP contribution in [0.15, 0.2) is 10.6 Å². The van der Waals surface area contributed by atoms with Crippen molar-refractivity contribution in [1.82, 2.24) is 15.4 Å². The predicted octanol–water partition coefficient (Wildman–Crippen LogP) is 0.793. The maximum absolute atomic E-state index is 5.70. The van der Waals surface area contributed by atoms with E-state index in [2.05, 4.69) is 22.3 Å². The minimum atomic E-state index is 0.285. The molecule has 1 aliphatic heterocycles. The van der Waals surface area contributed by atoms with Crippen molar-refractivity contribution in [3.63, 3.8) is 0 Å². The first kappa shape index (κ1) is 12.5. The number of ether oxygens (including phenoxy) is 1. The van der Waals surface area contributed by atoms with Gasteiger partial charge in [-0.3, -0.25) is 4.90 Å². The van der Waals surface area contributed by atoms with Gasteiger partial charge in [0.1, 0.15) is 0 Å². The average molecular weight is 239 g/mol. The minimum Gasteiger partial charge on any atom is -0.374 e. The summed E-state index contributed by atoms with van der Waals surface area (Å²) in [5.41, 5.74) is 0.924. The zero-order valence-corrected chi connectivity index (χ0v) is 10.6. The molecular weight excluding hydrogens is 218 g/mol. The summed E-state index contributed by atoms with van der Waals surface area (Å²) >= 11 is 0. The molecule has 2 rings (SSSR count). The van der Waals surface area contributed by atoms with Crippen LogP contribution in [-0.2, 0) is 11.3 Å². The number of likely N-dealkylation sites (N-methyl/N-ethyl adjacent to an activating group) is 1. The fraction of sp³-hybridized carbons (Fsp3) is 0.750. The van der Waals surface area contributed by atoms with Crippen molar-refractivity contribution in [3.8, 4) is 0 Å². The molecule has 2 heterocycles. The first-order chi connectivity index (χ1) is 8.28. The van der Waals surface area contributed by atoms with Gasteiger partial charge >= 0.3 is 0 Å². The van der Waals surface area contributed by atoms with Crippen LogP contribution in [-0.4, -0.2) is 48.9 Å². The van der Waals surface area contributed by atoms with Crippen LogP contribution in [0, 0.1) is 6.92 Å². The molecule has 0 radical (unpaired) electrons. The van der Waals surface area contributed by atoms with Crippen LogP contribution in [0.3, 0.4) is 0 Å². The molecule has 0 bridgehead atoms. The van der Waals surface area contributed by atoms with Crippen molar-refractivity contribution in [2.24, 2.45) is 0 Å². The van der Waals surface area contributed by atoms with E-state index in [1.165, 1.54) is 0 Å². The van der Waals surface area contributed by atoms with Crippen LogP contribution < -0.4 is 5.32 Å². The Kier molecular flexibility index (Phi) is 4.53. The minimum absolute atomic E-state index is 0.285. The highest BCUT2D eigenvalue weighted by molar-refractivity contribution is 5.02. The summed E-state index contributed by atoms with van der Waals surface area (Å²) in [6.07, 6.45) is 0.285. The van der Waals surface area contributed by atoms with E-state index in [1.807, 2.05) is 13.0 Å². The summed E-state index contributed by atoms with van der Waals surface area (Å²) in [4.78, 5) is 2.41. The molecule has 1 aliphatic rings. The molecule has 5 nitrogen and oxygen atoms in total. The van der Waals surface area contributed by atoms with Gasteiger partial charge in [-0.15, -0.1) is 0 Å². The Morgan fingerprint density at radius 2 is 2.47 bits per heavy atom. The smallest absolute Gasteiger partial charge is 0.150 e. The third-order valence-electron chi connectivity index (χ3n) is 3.02. The van der Waals surface area contributed by atoms with Crippen molar-refractivity contribution in [1.29, 1.82) is 0 Å². The Labute approximate surface area is 102 Å². The highest BCUT2D eigenvalue weighted by Crippen LogP contribution is 2.05. The molecule has 1 unspecified atom stereocenters. The second-order valence-electron chi connectivity index (χ2n) is 4.45. The van der Waals surface area contributed by atoms with E-state index < -0.39 is 0 Å². The zero-order chi connectivity index (χ0) is 12.1. The molecule has 5 heteroatoms. The molecule has 96 valence electrons. The molecule has 1 atom stereocenters. The van der Waals surface area contributed by atoms with Crippen LogP contribution in [0.4, 0.5) is 0 Å². The lowest BCUT2D eigenvalue weighted by atomic mass is 10.2. The van der Waals surface area contributed by atoms with E-state index in [-0.39, 0.29) is 6.10 Å². The first-order valence-electron chi connectivity index (χ1n) is 6.24. The van der Waals surface area contributed by atoms with Gasteiger partial charge in [0.05, 0.1) is 24.9 Å². The molecule has 1 aromatic rings. The molecule has 17 heavy (non-hydrogen) atoms. The number of aromatic nitrogens is 1. The topological polar surface area (TPSA) is 50.5 Å². The number of morpholine rings is 1. The molecule has 1 N–H and O–H groups in total. The van der Waals surface area contributed by atoms with Crippen molar-refractivity contribution >= 4 is 0 Å². The molecule has 0 spiro atoms. The summed E-state index contributed by atoms with van der Waals surface area (Å²) in [6, 6.07) is 1.95. The molecule has 1 aromatic heterocycles. The van der Waals surface area contributed by atoms with E-state index in [0.717, 1.165) is 44.2 Å². The summed E-state index contributed by atoms with van der Waals surface area (Å²) in [5, 5.41) is 7.20. The fourth-order valence-corrected chi connectivity index (χ4v) is 2.05. The highest BCUT2D eigenvalue weighted by atomic mass is 16.5. The lowest BCUT2D eigenvalue weighted by molar-refractivity contribution is -0.0255. The van der Waals surface area contributed by atoms with Gasteiger partial charge in [0.2, 0.25) is 0 Å². The van der Waals surface area contributed by atoms with E-state index in [4.69, 9.17) is 9.26 Å². The van der Waals surface area contributed by atoms with E-state index in [0.29, 0.717) is 6.54 Å². The van der Waals surface area contributed by atoms with E-state index >= 15 is 0 Å². The largest absolute Gasteiger partial charge is 0.374 e. The summed E-state index contributed by atoms with van der Waals surface area (Å²) in [5.74, 6) is 0.880. The number of nitrogens with zero attached hydrogens (tertiary/aromatic N) is 2. The Morgan fingerprint density at radius 1 is 1.59 bits per heavy atom. The van der Waals surface area contributed by atoms with Gasteiger partial charge in [-0.2, -0.15) is 0 Å². The normalized spacial score (nSPS) is 21.9. The van der Waals surface area contributed by atoms with Crippen molar-refractivity contribution in [2.75, 3.05) is 32.8 Å². The standard InChI is InChI=1S/C12H21N3O2/c1-3-15-4-5-16-12(9-15)8-13-7-11-6-10(2)14-17-11/h6,12-13H,3-5,7-9H2,1-2H3. The maximum Gasteiger partial charge on any atom is 0.150 e. The lowest BCUT2D eigenvalue weighted by Crippen LogP contribution is -2.46. The first-order valence-corrected chi connectivity index (χ1v) is 6.24. The number of hydrogen-bond donors (Lipinski definition) is 1. The average Bonchev–Trinajstić information content (AvgIpc) is 2.75. The molecule has 0 amide bonds. The van der Waals surface area contributed by atoms with Crippen LogP contribution in [0.2, 0.25) is 0 Å². The summed E-state index contributed by atoms with van der Waals surface area (Å²) < 4.78 is 10.8. The second kappa shape index (κ2) is 6.14. The molecular formula is C12H21N3O2. The van der Waals surface area contributed by atoms with Crippen molar-refractivity contribution < 1.29 is 9.26 Å². The zero-order valence-electron chi connectivity index (χ0n) is 10.6.